The van der Waals surface area contributed by atoms with Crippen molar-refractivity contribution in [2.45, 2.75) is 30.9 Å². The molecule has 2 aromatic rings. The third kappa shape index (κ3) is 4.42. The van der Waals surface area contributed by atoms with Crippen LogP contribution in [0.25, 0.3) is 0 Å². The minimum absolute atomic E-state index is 0.0128. The van der Waals surface area contributed by atoms with E-state index in [9.17, 15) is 18.0 Å². The van der Waals surface area contributed by atoms with Gasteiger partial charge < -0.3 is 9.64 Å². The standard InChI is InChI=1S/C19H26N4O5S2/c1-13-16(14(2)21(3)20-13)5-6-17(24)22-7-9-23(10-8-22)30(26,27)18-11-15(12-29-18)19(25)28-4/h11-12H,5-10H2,1-4H3. The van der Waals surface area contributed by atoms with Crippen molar-refractivity contribution in [1.82, 2.24) is 19.0 Å². The summed E-state index contributed by atoms with van der Waals surface area (Å²) in [6.07, 6.45) is 0.988. The Kier molecular flexibility index (Phi) is 6.63. The zero-order valence-electron chi connectivity index (χ0n) is 17.5. The van der Waals surface area contributed by atoms with E-state index < -0.39 is 16.0 Å². The van der Waals surface area contributed by atoms with Crippen LogP contribution in [0.1, 0.15) is 33.7 Å². The van der Waals surface area contributed by atoms with Crippen LogP contribution in [-0.4, -0.2) is 72.6 Å². The molecule has 11 heteroatoms. The summed E-state index contributed by atoms with van der Waals surface area (Å²) in [5, 5.41) is 5.85. The van der Waals surface area contributed by atoms with Crippen molar-refractivity contribution < 1.29 is 22.7 Å². The summed E-state index contributed by atoms with van der Waals surface area (Å²) in [6, 6.07) is 1.34. The molecule has 1 aliphatic rings. The Bertz CT molecular complexity index is 1050. The molecular weight excluding hydrogens is 428 g/mol. The van der Waals surface area contributed by atoms with Crippen molar-refractivity contribution in [2.24, 2.45) is 7.05 Å². The maximum Gasteiger partial charge on any atom is 0.338 e. The van der Waals surface area contributed by atoms with E-state index in [4.69, 9.17) is 0 Å². The van der Waals surface area contributed by atoms with E-state index in [2.05, 4.69) is 9.84 Å². The quantitative estimate of drug-likeness (QED) is 0.611. The molecule has 9 nitrogen and oxygen atoms in total. The van der Waals surface area contributed by atoms with Crippen LogP contribution >= 0.6 is 11.3 Å². The topological polar surface area (TPSA) is 102 Å². The van der Waals surface area contributed by atoms with Gasteiger partial charge in [-0.2, -0.15) is 9.40 Å². The number of piperazine rings is 1. The highest BCUT2D eigenvalue weighted by molar-refractivity contribution is 7.91. The second kappa shape index (κ2) is 8.86. The Morgan fingerprint density at radius 1 is 1.20 bits per heavy atom. The van der Waals surface area contributed by atoms with E-state index in [0.29, 0.717) is 25.9 Å². The van der Waals surface area contributed by atoms with Crippen molar-refractivity contribution >= 4 is 33.2 Å². The van der Waals surface area contributed by atoms with Gasteiger partial charge in [0.1, 0.15) is 4.21 Å². The monoisotopic (exact) mass is 454 g/mol. The summed E-state index contributed by atoms with van der Waals surface area (Å²) < 4.78 is 33.6. The van der Waals surface area contributed by atoms with Crippen LogP contribution in [0.15, 0.2) is 15.7 Å². The number of nitrogens with zero attached hydrogens (tertiary/aromatic N) is 4. The fourth-order valence-corrected chi connectivity index (χ4v) is 6.27. The molecule has 1 saturated heterocycles. The number of sulfonamides is 1. The molecule has 0 spiro atoms. The van der Waals surface area contributed by atoms with Crippen LogP contribution in [0.4, 0.5) is 0 Å². The molecule has 3 rings (SSSR count). The Balaban J connectivity index is 1.57. The number of rotatable bonds is 6. The number of aryl methyl sites for hydroxylation is 2. The minimum Gasteiger partial charge on any atom is -0.465 e. The summed E-state index contributed by atoms with van der Waals surface area (Å²) in [7, 11) is -0.565. The maximum absolute atomic E-state index is 12.8. The molecule has 3 heterocycles. The summed E-state index contributed by atoms with van der Waals surface area (Å²) in [5.74, 6) is -0.555. The molecule has 0 N–H and O–H groups in total. The van der Waals surface area contributed by atoms with Gasteiger partial charge in [-0.15, -0.1) is 11.3 Å². The fraction of sp³-hybridized carbons (Fsp3) is 0.526. The number of esters is 1. The second-order valence-electron chi connectivity index (χ2n) is 7.20. The zero-order chi connectivity index (χ0) is 22.1. The van der Waals surface area contributed by atoms with Crippen LogP contribution in [0.3, 0.4) is 0 Å². The lowest BCUT2D eigenvalue weighted by Crippen LogP contribution is -2.50. The van der Waals surface area contributed by atoms with Gasteiger partial charge in [-0.3, -0.25) is 9.48 Å². The molecule has 2 aromatic heterocycles. The van der Waals surface area contributed by atoms with Gasteiger partial charge in [-0.25, -0.2) is 13.2 Å². The number of hydrogen-bond donors (Lipinski definition) is 0. The van der Waals surface area contributed by atoms with Gasteiger partial charge in [0.25, 0.3) is 10.0 Å². The lowest BCUT2D eigenvalue weighted by Gasteiger charge is -2.33. The molecular formula is C19H26N4O5S2. The Morgan fingerprint density at radius 2 is 1.87 bits per heavy atom. The van der Waals surface area contributed by atoms with Crippen LogP contribution in [-0.2, 0) is 33.0 Å². The molecule has 1 amide bonds. The number of amides is 1. The Morgan fingerprint density at radius 3 is 2.43 bits per heavy atom. The van der Waals surface area contributed by atoms with Crippen LogP contribution in [0, 0.1) is 13.8 Å². The molecule has 1 aliphatic heterocycles. The smallest absolute Gasteiger partial charge is 0.338 e. The summed E-state index contributed by atoms with van der Waals surface area (Å²) >= 11 is 0.992. The SMILES string of the molecule is COC(=O)c1csc(S(=O)(=O)N2CCN(C(=O)CCc3c(C)nn(C)c3C)CC2)c1. The maximum atomic E-state index is 12.8. The van der Waals surface area contributed by atoms with E-state index in [1.54, 1.807) is 4.90 Å². The Labute approximate surface area is 180 Å². The second-order valence-corrected chi connectivity index (χ2v) is 10.3. The first kappa shape index (κ1) is 22.4. The lowest BCUT2D eigenvalue weighted by molar-refractivity contribution is -0.132. The van der Waals surface area contributed by atoms with Crippen LogP contribution in [0.5, 0.6) is 0 Å². The number of aromatic nitrogens is 2. The first-order chi connectivity index (χ1) is 14.1. The number of methoxy groups -OCH3 is 1. The van der Waals surface area contributed by atoms with Gasteiger partial charge in [0, 0.05) is 50.7 Å². The van der Waals surface area contributed by atoms with Gasteiger partial charge in [0.05, 0.1) is 18.4 Å². The normalized spacial score (nSPS) is 15.4. The van der Waals surface area contributed by atoms with Gasteiger partial charge in [0.15, 0.2) is 0 Å². The third-order valence-corrected chi connectivity index (χ3v) is 8.74. The van der Waals surface area contributed by atoms with Crippen LogP contribution < -0.4 is 0 Å². The van der Waals surface area contributed by atoms with Crippen molar-refractivity contribution in [3.05, 3.63) is 34.0 Å². The molecule has 0 aromatic carbocycles. The van der Waals surface area contributed by atoms with Gasteiger partial charge in [0.2, 0.25) is 5.91 Å². The molecule has 0 saturated carbocycles. The van der Waals surface area contributed by atoms with E-state index in [1.165, 1.54) is 22.9 Å². The molecule has 30 heavy (non-hydrogen) atoms. The van der Waals surface area contributed by atoms with E-state index in [1.807, 2.05) is 25.6 Å². The van der Waals surface area contributed by atoms with Gasteiger partial charge in [-0.1, -0.05) is 0 Å². The molecule has 0 radical (unpaired) electrons. The lowest BCUT2D eigenvalue weighted by atomic mass is 10.1. The highest BCUT2D eigenvalue weighted by Gasteiger charge is 2.31. The largest absolute Gasteiger partial charge is 0.465 e. The number of carbonyl (C=O) groups excluding carboxylic acids is 2. The summed E-state index contributed by atoms with van der Waals surface area (Å²) in [4.78, 5) is 25.9. The third-order valence-electron chi connectivity index (χ3n) is 5.43. The van der Waals surface area contributed by atoms with Crippen LogP contribution in [0.2, 0.25) is 0 Å². The van der Waals surface area contributed by atoms with E-state index in [0.717, 1.165) is 28.3 Å². The van der Waals surface area contributed by atoms with Gasteiger partial charge >= 0.3 is 5.97 Å². The highest BCUT2D eigenvalue weighted by atomic mass is 32.2. The molecule has 0 atom stereocenters. The summed E-state index contributed by atoms with van der Waals surface area (Å²) in [6.45, 7) is 5.07. The predicted octanol–water partition coefficient (Wildman–Crippen LogP) is 1.35. The van der Waals surface area contributed by atoms with Crippen molar-refractivity contribution in [2.75, 3.05) is 33.3 Å². The molecule has 0 bridgehead atoms. The summed E-state index contributed by atoms with van der Waals surface area (Å²) in [5.41, 5.74) is 3.29. The molecule has 1 fully saturated rings. The minimum atomic E-state index is -3.70. The average molecular weight is 455 g/mol. The first-order valence-electron chi connectivity index (χ1n) is 9.59. The number of thiophene rings is 1. The average Bonchev–Trinajstić information content (AvgIpc) is 3.32. The molecule has 0 unspecified atom stereocenters. The van der Waals surface area contributed by atoms with Crippen molar-refractivity contribution in [1.29, 1.82) is 0 Å². The number of carbonyl (C=O) groups is 2. The molecule has 164 valence electrons. The predicted molar refractivity (Wildman–Crippen MR) is 112 cm³/mol. The fourth-order valence-electron chi connectivity index (χ4n) is 3.55. The van der Waals surface area contributed by atoms with Gasteiger partial charge in [-0.05, 0) is 31.9 Å². The van der Waals surface area contributed by atoms with Crippen molar-refractivity contribution in [3.8, 4) is 0 Å². The number of hydrogen-bond acceptors (Lipinski definition) is 7. The highest BCUT2D eigenvalue weighted by Crippen LogP contribution is 2.25. The zero-order valence-corrected chi connectivity index (χ0v) is 19.2. The first-order valence-corrected chi connectivity index (χ1v) is 11.9. The van der Waals surface area contributed by atoms with E-state index >= 15 is 0 Å². The van der Waals surface area contributed by atoms with E-state index in [-0.39, 0.29) is 28.8 Å². The number of ether oxygens (including phenoxy) is 1. The molecule has 0 aliphatic carbocycles. The Hall–Kier alpha value is -2.24. The van der Waals surface area contributed by atoms with Crippen molar-refractivity contribution in [3.63, 3.8) is 0 Å².